The highest BCUT2D eigenvalue weighted by molar-refractivity contribution is 5.95. The number of unbranched alkanes of at least 4 members (excludes halogenated alkanes) is 27. The van der Waals surface area contributed by atoms with Crippen LogP contribution in [-0.4, -0.2) is 88.7 Å². The minimum Gasteiger partial charge on any atom is -0.493 e. The van der Waals surface area contributed by atoms with E-state index in [2.05, 4.69) is 20.8 Å². The van der Waals surface area contributed by atoms with Crippen molar-refractivity contribution in [3.8, 4) is 34.5 Å². The molecule has 0 atom stereocenters. The van der Waals surface area contributed by atoms with Gasteiger partial charge in [0.15, 0.2) is 19.8 Å². The van der Waals surface area contributed by atoms with Crippen molar-refractivity contribution in [1.29, 1.82) is 0 Å². The van der Waals surface area contributed by atoms with E-state index in [4.69, 9.17) is 37.9 Å². The van der Waals surface area contributed by atoms with Crippen LogP contribution in [0.4, 0.5) is 0 Å². The molecule has 0 radical (unpaired) electrons. The summed E-state index contributed by atoms with van der Waals surface area (Å²) < 4.78 is 48.5. The van der Waals surface area contributed by atoms with Crippen LogP contribution in [-0.2, 0) is 23.9 Å². The summed E-state index contributed by atoms with van der Waals surface area (Å²) in [5.74, 6) is 2.36. The Morgan fingerprint density at radius 2 is 0.500 bits per heavy atom. The van der Waals surface area contributed by atoms with Gasteiger partial charge >= 0.3 is 11.9 Å². The number of hydrogen-bond donors (Lipinski definition) is 0. The summed E-state index contributed by atoms with van der Waals surface area (Å²) in [7, 11) is 0. The molecule has 88 heavy (non-hydrogen) atoms. The lowest BCUT2D eigenvalue weighted by atomic mass is 10.1. The van der Waals surface area contributed by atoms with Crippen LogP contribution >= 0.6 is 0 Å². The van der Waals surface area contributed by atoms with Gasteiger partial charge in [-0.1, -0.05) is 267 Å². The maximum Gasteiger partial charge on any atom is 0.344 e. The fourth-order valence-corrected chi connectivity index (χ4v) is 11.3. The Balaban J connectivity index is 0.994. The summed E-state index contributed by atoms with van der Waals surface area (Å²) in [5, 5.41) is 5.19. The molecule has 6 aromatic rings. The maximum atomic E-state index is 14.1. The molecule has 6 aromatic carbocycles. The van der Waals surface area contributed by atoms with E-state index >= 15 is 0 Å². The van der Waals surface area contributed by atoms with Gasteiger partial charge in [-0.3, -0.25) is 4.79 Å². The number of benzene rings is 6. The largest absolute Gasteiger partial charge is 0.493 e. The number of amides is 1. The fraction of sp³-hybridized carbons (Fsp3) is 0.566. The number of nitrogens with zero attached hydrogens (tertiary/aromatic N) is 1. The highest BCUT2D eigenvalue weighted by atomic mass is 16.6. The van der Waals surface area contributed by atoms with Gasteiger partial charge in [0.1, 0.15) is 47.7 Å². The predicted molar refractivity (Wildman–Crippen MR) is 359 cm³/mol. The van der Waals surface area contributed by atoms with Crippen LogP contribution < -0.4 is 28.4 Å². The van der Waals surface area contributed by atoms with Gasteiger partial charge in [0.05, 0.1) is 32.9 Å². The first-order valence-corrected chi connectivity index (χ1v) is 34.3. The summed E-state index contributed by atoms with van der Waals surface area (Å²) in [5.41, 5.74) is 0. The third-order valence-electron chi connectivity index (χ3n) is 16.4. The topological polar surface area (TPSA) is 128 Å². The molecule has 0 aliphatic heterocycles. The SMILES string of the molecule is CCCCCCCCCCCCOc1cccc2c(OCC(=O)OCCN(CCOC(=O)COc3cccc4c(OCCCCCCCCCCCC)cccc34)C(=O)COc3cccc4c(OCCCCCCCCCCCC)cccc34)cccc12. The van der Waals surface area contributed by atoms with Crippen molar-refractivity contribution in [3.05, 3.63) is 109 Å². The quantitative estimate of drug-likeness (QED) is 0.0267. The molecule has 0 unspecified atom stereocenters. The van der Waals surface area contributed by atoms with Crippen LogP contribution in [0.15, 0.2) is 109 Å². The van der Waals surface area contributed by atoms with Gasteiger partial charge in [-0.2, -0.15) is 0 Å². The fourth-order valence-electron chi connectivity index (χ4n) is 11.3. The van der Waals surface area contributed by atoms with E-state index in [1.165, 1.54) is 159 Å². The first-order valence-electron chi connectivity index (χ1n) is 34.3. The van der Waals surface area contributed by atoms with Gasteiger partial charge in [0, 0.05) is 32.3 Å². The highest BCUT2D eigenvalue weighted by Crippen LogP contribution is 2.35. The van der Waals surface area contributed by atoms with Crippen LogP contribution in [0.3, 0.4) is 0 Å². The molecule has 0 aromatic heterocycles. The second-order valence-electron chi connectivity index (χ2n) is 23.6. The lowest BCUT2D eigenvalue weighted by Crippen LogP contribution is -2.40. The maximum absolute atomic E-state index is 14.1. The molecule has 0 heterocycles. The smallest absolute Gasteiger partial charge is 0.344 e. The van der Waals surface area contributed by atoms with Crippen molar-refractivity contribution in [3.63, 3.8) is 0 Å². The Kier molecular flexibility index (Phi) is 35.1. The summed E-state index contributed by atoms with van der Waals surface area (Å²) in [6.45, 7) is 7.45. The number of carbonyl (C=O) groups excluding carboxylic acids is 3. The lowest BCUT2D eigenvalue weighted by Gasteiger charge is -2.23. The number of esters is 2. The van der Waals surface area contributed by atoms with Gasteiger partial charge in [-0.25, -0.2) is 9.59 Å². The summed E-state index contributed by atoms with van der Waals surface area (Å²) in [6, 6.07) is 34.7. The van der Waals surface area contributed by atoms with Crippen LogP contribution in [0, 0.1) is 0 Å². The standard InChI is InChI=1S/C76H107NO11/c1-4-7-10-13-16-19-22-25-28-31-54-81-68-46-34-43-65-62(68)40-37-49-71(65)86-59-74(78)77(52-57-84-75(79)60-87-72-50-38-41-63-66(72)44-35-47-69(63)82-55-32-29-26-23-20-17-14-11-8-5-2)53-58-85-76(80)61-88-73-51-39-42-64-67(73)45-36-48-70(64)83-56-33-30-27-24-21-18-15-12-9-6-3/h34-51H,4-33,52-61H2,1-3H3. The van der Waals surface area contributed by atoms with E-state index in [1.54, 1.807) is 0 Å². The molecule has 0 fully saturated rings. The normalized spacial score (nSPS) is 11.3. The molecule has 0 spiro atoms. The molecule has 0 saturated heterocycles. The van der Waals surface area contributed by atoms with Gasteiger partial charge in [-0.15, -0.1) is 0 Å². The zero-order chi connectivity index (χ0) is 61.9. The molecule has 0 N–H and O–H groups in total. The second kappa shape index (κ2) is 43.9. The van der Waals surface area contributed by atoms with Crippen LogP contribution in [0.1, 0.15) is 213 Å². The molecule has 0 bridgehead atoms. The third-order valence-corrected chi connectivity index (χ3v) is 16.4. The molecular formula is C76H107NO11. The molecule has 12 heteroatoms. The van der Waals surface area contributed by atoms with Crippen molar-refractivity contribution < 1.29 is 52.3 Å². The van der Waals surface area contributed by atoms with Crippen molar-refractivity contribution in [2.45, 2.75) is 213 Å². The molecular weight excluding hydrogens is 1100 g/mol. The third kappa shape index (κ3) is 26.6. The Labute approximate surface area is 528 Å². The van der Waals surface area contributed by atoms with E-state index in [0.717, 1.165) is 88.1 Å². The van der Waals surface area contributed by atoms with E-state index in [-0.39, 0.29) is 52.0 Å². The molecule has 0 aliphatic rings. The number of rotatable bonds is 51. The molecule has 12 nitrogen and oxygen atoms in total. The summed E-state index contributed by atoms with van der Waals surface area (Å²) in [4.78, 5) is 42.1. The van der Waals surface area contributed by atoms with E-state index < -0.39 is 11.9 Å². The van der Waals surface area contributed by atoms with Crippen molar-refractivity contribution in [1.82, 2.24) is 4.90 Å². The van der Waals surface area contributed by atoms with E-state index in [9.17, 15) is 14.4 Å². The Bertz CT molecular complexity index is 2760. The number of carbonyl (C=O) groups is 3. The zero-order valence-electron chi connectivity index (χ0n) is 54.1. The Hall–Kier alpha value is -6.69. The molecule has 1 amide bonds. The summed E-state index contributed by atoms with van der Waals surface area (Å²) in [6.07, 6.45) is 37.7. The van der Waals surface area contributed by atoms with Gasteiger partial charge < -0.3 is 42.8 Å². The van der Waals surface area contributed by atoms with Crippen molar-refractivity contribution in [2.75, 3.05) is 65.9 Å². The van der Waals surface area contributed by atoms with Gasteiger partial charge in [0.25, 0.3) is 5.91 Å². The van der Waals surface area contributed by atoms with E-state index in [1.807, 2.05) is 109 Å². The zero-order valence-corrected chi connectivity index (χ0v) is 54.1. The van der Waals surface area contributed by atoms with Gasteiger partial charge in [-0.05, 0) is 55.7 Å². The number of hydrogen-bond acceptors (Lipinski definition) is 11. The highest BCUT2D eigenvalue weighted by Gasteiger charge is 2.19. The van der Waals surface area contributed by atoms with Crippen LogP contribution in [0.25, 0.3) is 32.3 Å². The number of ether oxygens (including phenoxy) is 8. The second-order valence-corrected chi connectivity index (χ2v) is 23.6. The monoisotopic (exact) mass is 1210 g/mol. The minimum absolute atomic E-state index is 0.0160. The van der Waals surface area contributed by atoms with Gasteiger partial charge in [0.2, 0.25) is 0 Å². The minimum atomic E-state index is -0.597. The van der Waals surface area contributed by atoms with Crippen LogP contribution in [0.5, 0.6) is 34.5 Å². The molecule has 6 rings (SSSR count). The first-order chi connectivity index (χ1) is 43.4. The Morgan fingerprint density at radius 1 is 0.273 bits per heavy atom. The Morgan fingerprint density at radius 3 is 0.761 bits per heavy atom. The molecule has 0 aliphatic carbocycles. The molecule has 482 valence electrons. The predicted octanol–water partition coefficient (Wildman–Crippen LogP) is 19.5. The van der Waals surface area contributed by atoms with Crippen molar-refractivity contribution in [2.24, 2.45) is 0 Å². The number of fused-ring (bicyclic) bond motifs is 3. The summed E-state index contributed by atoms with van der Waals surface area (Å²) >= 11 is 0. The lowest BCUT2D eigenvalue weighted by molar-refractivity contribution is -0.150. The first kappa shape index (κ1) is 70.4. The van der Waals surface area contributed by atoms with E-state index in [0.29, 0.717) is 37.1 Å². The average molecular weight is 1210 g/mol. The molecule has 0 saturated carbocycles. The average Bonchev–Trinajstić information content (AvgIpc) is 3.18. The van der Waals surface area contributed by atoms with Crippen LogP contribution in [0.2, 0.25) is 0 Å². The van der Waals surface area contributed by atoms with Crippen molar-refractivity contribution >= 4 is 50.2 Å².